The van der Waals surface area contributed by atoms with Crippen molar-refractivity contribution in [3.8, 4) is 0 Å². The summed E-state index contributed by atoms with van der Waals surface area (Å²) in [4.78, 5) is 16.3. The number of hydrogen-bond acceptors (Lipinski definition) is 5. The zero-order valence-corrected chi connectivity index (χ0v) is 13.9. The van der Waals surface area contributed by atoms with Crippen LogP contribution < -0.4 is 5.32 Å². The van der Waals surface area contributed by atoms with Crippen LogP contribution in [0.3, 0.4) is 0 Å². The molecule has 23 heavy (non-hydrogen) atoms. The Labute approximate surface area is 140 Å². The van der Waals surface area contributed by atoms with Gasteiger partial charge in [-0.1, -0.05) is 29.8 Å². The topological polar surface area (TPSA) is 51.2 Å². The van der Waals surface area contributed by atoms with E-state index >= 15 is 0 Å². The Bertz CT molecular complexity index is 691. The Hall–Kier alpha value is -2.14. The first kappa shape index (κ1) is 15.7. The number of allylic oxidation sites excluding steroid dienone is 2. The molecule has 0 saturated heterocycles. The molecule has 2 aromatic rings. The molecule has 0 radical (unpaired) electrons. The summed E-state index contributed by atoms with van der Waals surface area (Å²) in [5.74, 6) is 0.194. The van der Waals surface area contributed by atoms with Gasteiger partial charge < -0.3 is 10.1 Å². The average molecular weight is 328 g/mol. The van der Waals surface area contributed by atoms with Crippen molar-refractivity contribution in [2.24, 2.45) is 5.92 Å². The molecule has 1 N–H and O–H groups in total. The molecule has 0 aliphatic heterocycles. The molecule has 0 spiro atoms. The first-order valence-electron chi connectivity index (χ1n) is 7.79. The molecule has 0 amide bonds. The summed E-state index contributed by atoms with van der Waals surface area (Å²) in [5.41, 5.74) is 3.00. The first-order valence-corrected chi connectivity index (χ1v) is 8.67. The van der Waals surface area contributed by atoms with Crippen molar-refractivity contribution < 1.29 is 9.53 Å². The molecule has 1 atom stereocenters. The lowest BCUT2D eigenvalue weighted by Gasteiger charge is -2.07. The van der Waals surface area contributed by atoms with Crippen molar-refractivity contribution >= 4 is 28.1 Å². The van der Waals surface area contributed by atoms with Crippen molar-refractivity contribution in [1.82, 2.24) is 4.98 Å². The predicted molar refractivity (Wildman–Crippen MR) is 92.9 cm³/mol. The molecule has 120 valence electrons. The molecular weight excluding hydrogens is 308 g/mol. The second-order valence-corrected chi connectivity index (χ2v) is 6.62. The molecule has 5 heteroatoms. The normalized spacial score (nSPS) is 16.5. The van der Waals surface area contributed by atoms with E-state index in [-0.39, 0.29) is 12.6 Å². The lowest BCUT2D eigenvalue weighted by Crippen LogP contribution is -2.09. The quantitative estimate of drug-likeness (QED) is 0.622. The molecule has 1 heterocycles. The van der Waals surface area contributed by atoms with E-state index in [0.717, 1.165) is 29.4 Å². The number of benzene rings is 1. The summed E-state index contributed by atoms with van der Waals surface area (Å²) in [5, 5.41) is 5.98. The minimum atomic E-state index is -0.150. The second-order valence-electron chi connectivity index (χ2n) is 5.77. The van der Waals surface area contributed by atoms with Crippen molar-refractivity contribution in [3.63, 3.8) is 0 Å². The number of hydrogen-bond donors (Lipinski definition) is 1. The highest BCUT2D eigenvalue weighted by atomic mass is 32.1. The summed E-state index contributed by atoms with van der Waals surface area (Å²) >= 11 is 1.51. The van der Waals surface area contributed by atoms with Gasteiger partial charge in [-0.05, 0) is 37.8 Å². The summed E-state index contributed by atoms with van der Waals surface area (Å²) < 4.78 is 5.31. The van der Waals surface area contributed by atoms with Crippen LogP contribution in [0.5, 0.6) is 0 Å². The van der Waals surface area contributed by atoms with Gasteiger partial charge in [0.05, 0.1) is 12.1 Å². The number of esters is 1. The average Bonchev–Trinajstić information content (AvgIpc) is 3.19. The summed E-state index contributed by atoms with van der Waals surface area (Å²) in [6.45, 7) is 2.29. The van der Waals surface area contributed by atoms with Crippen LogP contribution in [0.25, 0.3) is 0 Å². The molecule has 1 aromatic carbocycles. The Balaban J connectivity index is 1.48. The van der Waals surface area contributed by atoms with E-state index in [9.17, 15) is 4.79 Å². The van der Waals surface area contributed by atoms with Gasteiger partial charge in [0.25, 0.3) is 0 Å². The van der Waals surface area contributed by atoms with E-state index < -0.39 is 0 Å². The van der Waals surface area contributed by atoms with Crippen molar-refractivity contribution in [1.29, 1.82) is 0 Å². The smallest absolute Gasteiger partial charge is 0.306 e. The maximum atomic E-state index is 11.8. The van der Waals surface area contributed by atoms with Gasteiger partial charge in [-0.3, -0.25) is 4.79 Å². The lowest BCUT2D eigenvalue weighted by atomic mass is 10.1. The standard InChI is InChI=1S/C18H20N2O2S/c1-13-6-8-15(9-7-13)19-18-20-16(12-23-18)11-22-17(21)10-14-4-2-3-5-14/h2,4,6-9,12,14H,3,5,10-11H2,1H3,(H,19,20). The van der Waals surface area contributed by atoms with E-state index in [1.165, 1.54) is 16.9 Å². The zero-order valence-electron chi connectivity index (χ0n) is 13.1. The van der Waals surface area contributed by atoms with Gasteiger partial charge in [-0.25, -0.2) is 4.98 Å². The third-order valence-electron chi connectivity index (χ3n) is 3.78. The molecule has 0 bridgehead atoms. The van der Waals surface area contributed by atoms with Gasteiger partial charge in [0.15, 0.2) is 5.13 Å². The highest BCUT2D eigenvalue weighted by molar-refractivity contribution is 7.13. The van der Waals surface area contributed by atoms with Crippen LogP contribution in [-0.2, 0) is 16.1 Å². The number of thiazole rings is 1. The Kier molecular flexibility index (Phi) is 5.08. The fourth-order valence-corrected chi connectivity index (χ4v) is 3.20. The van der Waals surface area contributed by atoms with E-state index in [1.807, 2.05) is 17.5 Å². The van der Waals surface area contributed by atoms with Gasteiger partial charge in [0, 0.05) is 11.1 Å². The van der Waals surface area contributed by atoms with Crippen LogP contribution in [0, 0.1) is 12.8 Å². The third-order valence-corrected chi connectivity index (χ3v) is 4.58. The molecule has 0 fully saturated rings. The van der Waals surface area contributed by atoms with Crippen LogP contribution in [-0.4, -0.2) is 11.0 Å². The van der Waals surface area contributed by atoms with Gasteiger partial charge in [0.1, 0.15) is 6.61 Å². The molecule has 1 aliphatic carbocycles. The first-order chi connectivity index (χ1) is 11.2. The Morgan fingerprint density at radius 3 is 2.96 bits per heavy atom. The molecule has 1 aromatic heterocycles. The van der Waals surface area contributed by atoms with Crippen LogP contribution >= 0.6 is 11.3 Å². The molecule has 3 rings (SSSR count). The molecule has 4 nitrogen and oxygen atoms in total. The Morgan fingerprint density at radius 2 is 2.22 bits per heavy atom. The second kappa shape index (κ2) is 7.42. The van der Waals surface area contributed by atoms with Crippen molar-refractivity contribution in [3.05, 3.63) is 53.1 Å². The minimum Gasteiger partial charge on any atom is -0.459 e. The summed E-state index contributed by atoms with van der Waals surface area (Å²) in [6, 6.07) is 8.14. The van der Waals surface area contributed by atoms with Gasteiger partial charge in [-0.15, -0.1) is 11.3 Å². The van der Waals surface area contributed by atoms with Crippen LogP contribution in [0.15, 0.2) is 41.8 Å². The number of ether oxygens (including phenoxy) is 1. The van der Waals surface area contributed by atoms with Gasteiger partial charge in [0.2, 0.25) is 0 Å². The molecule has 1 unspecified atom stereocenters. The number of aryl methyl sites for hydroxylation is 1. The number of carbonyl (C=O) groups is 1. The van der Waals surface area contributed by atoms with E-state index in [1.54, 1.807) is 0 Å². The fraction of sp³-hybridized carbons (Fsp3) is 0.333. The number of anilines is 2. The number of nitrogens with zero attached hydrogens (tertiary/aromatic N) is 1. The summed E-state index contributed by atoms with van der Waals surface area (Å²) in [6.07, 6.45) is 6.82. The maximum absolute atomic E-state index is 11.8. The molecule has 0 saturated carbocycles. The van der Waals surface area contributed by atoms with Gasteiger partial charge in [-0.2, -0.15) is 0 Å². The fourth-order valence-electron chi connectivity index (χ4n) is 2.48. The lowest BCUT2D eigenvalue weighted by molar-refractivity contribution is -0.145. The summed E-state index contributed by atoms with van der Waals surface area (Å²) in [7, 11) is 0. The van der Waals surface area contributed by atoms with Crippen molar-refractivity contribution in [2.45, 2.75) is 32.8 Å². The van der Waals surface area contributed by atoms with E-state index in [2.05, 4.69) is 41.5 Å². The zero-order chi connectivity index (χ0) is 16.1. The molecule has 1 aliphatic rings. The van der Waals surface area contributed by atoms with Crippen LogP contribution in [0.1, 0.15) is 30.5 Å². The van der Waals surface area contributed by atoms with Crippen LogP contribution in [0.4, 0.5) is 10.8 Å². The largest absolute Gasteiger partial charge is 0.459 e. The maximum Gasteiger partial charge on any atom is 0.306 e. The predicted octanol–water partition coefficient (Wildman–Crippen LogP) is 4.59. The highest BCUT2D eigenvalue weighted by Crippen LogP contribution is 2.23. The minimum absolute atomic E-state index is 0.150. The number of nitrogens with one attached hydrogen (secondary N) is 1. The monoisotopic (exact) mass is 328 g/mol. The number of rotatable bonds is 6. The third kappa shape index (κ3) is 4.66. The highest BCUT2D eigenvalue weighted by Gasteiger charge is 2.15. The van der Waals surface area contributed by atoms with E-state index in [4.69, 9.17) is 4.74 Å². The molecular formula is C18H20N2O2S. The van der Waals surface area contributed by atoms with Gasteiger partial charge >= 0.3 is 5.97 Å². The Morgan fingerprint density at radius 1 is 1.39 bits per heavy atom. The van der Waals surface area contributed by atoms with Crippen molar-refractivity contribution in [2.75, 3.05) is 5.32 Å². The number of carbonyl (C=O) groups excluding carboxylic acids is 1. The number of aromatic nitrogens is 1. The SMILES string of the molecule is Cc1ccc(Nc2nc(COC(=O)CC3C=CCC3)cs2)cc1. The van der Waals surface area contributed by atoms with E-state index in [0.29, 0.717) is 12.3 Å². The van der Waals surface area contributed by atoms with Crippen LogP contribution in [0.2, 0.25) is 0 Å².